The van der Waals surface area contributed by atoms with Crippen LogP contribution in [0.3, 0.4) is 0 Å². The lowest BCUT2D eigenvalue weighted by Gasteiger charge is -2.45. The van der Waals surface area contributed by atoms with Crippen molar-refractivity contribution in [2.45, 2.75) is 84.1 Å². The van der Waals surface area contributed by atoms with Crippen LogP contribution in [0.2, 0.25) is 0 Å². The summed E-state index contributed by atoms with van der Waals surface area (Å²) in [6.45, 7) is 11.4. The molecule has 0 aromatic heterocycles. The number of amides is 1. The zero-order valence-electron chi connectivity index (χ0n) is 21.7. The summed E-state index contributed by atoms with van der Waals surface area (Å²) in [6, 6.07) is 0.413. The van der Waals surface area contributed by atoms with Gasteiger partial charge < -0.3 is 10.0 Å². The smallest absolute Gasteiger partial charge is 0.225 e. The number of nitrogens with zero attached hydrogens (tertiary/aromatic N) is 3. The SMILES string of the molecule is CCN(CC)C(=O)C1CC=C(C(C2CCC=C(O)C2)N2CCN(CC3=CCCCC3)CC2)CC1. The van der Waals surface area contributed by atoms with Crippen LogP contribution in [0, 0.1) is 11.8 Å². The molecular formula is C29H47N3O2. The van der Waals surface area contributed by atoms with Crippen molar-refractivity contribution in [1.82, 2.24) is 14.7 Å². The van der Waals surface area contributed by atoms with Gasteiger partial charge in [-0.1, -0.05) is 23.3 Å². The van der Waals surface area contributed by atoms with Crippen LogP contribution in [0.5, 0.6) is 0 Å². The minimum atomic E-state index is 0.143. The molecule has 5 nitrogen and oxygen atoms in total. The van der Waals surface area contributed by atoms with E-state index in [1.165, 1.54) is 31.3 Å². The van der Waals surface area contributed by atoms with Crippen molar-refractivity contribution in [3.05, 3.63) is 35.1 Å². The Morgan fingerprint density at radius 3 is 2.44 bits per heavy atom. The topological polar surface area (TPSA) is 47.0 Å². The van der Waals surface area contributed by atoms with Gasteiger partial charge in [0.25, 0.3) is 0 Å². The van der Waals surface area contributed by atoms with Crippen molar-refractivity contribution in [2.75, 3.05) is 45.8 Å². The average Bonchev–Trinajstić information content (AvgIpc) is 2.87. The van der Waals surface area contributed by atoms with Gasteiger partial charge in [0.1, 0.15) is 0 Å². The van der Waals surface area contributed by atoms with Gasteiger partial charge in [-0.3, -0.25) is 14.6 Å². The highest BCUT2D eigenvalue weighted by Gasteiger charge is 2.36. The predicted octanol–water partition coefficient (Wildman–Crippen LogP) is 5.31. The molecule has 4 aliphatic rings. The molecular weight excluding hydrogens is 422 g/mol. The van der Waals surface area contributed by atoms with E-state index in [-0.39, 0.29) is 5.92 Å². The quantitative estimate of drug-likeness (QED) is 0.490. The molecule has 1 N–H and O–H groups in total. The summed E-state index contributed by atoms with van der Waals surface area (Å²) >= 11 is 0. The molecule has 1 fully saturated rings. The lowest BCUT2D eigenvalue weighted by molar-refractivity contribution is -0.135. The maximum atomic E-state index is 12.9. The van der Waals surface area contributed by atoms with Crippen LogP contribution >= 0.6 is 0 Å². The van der Waals surface area contributed by atoms with Crippen LogP contribution < -0.4 is 0 Å². The van der Waals surface area contributed by atoms with Gasteiger partial charge >= 0.3 is 0 Å². The number of carbonyl (C=O) groups is 1. The van der Waals surface area contributed by atoms with Crippen LogP contribution in [0.15, 0.2) is 35.1 Å². The van der Waals surface area contributed by atoms with Crippen molar-refractivity contribution < 1.29 is 9.90 Å². The first-order chi connectivity index (χ1) is 16.6. The fraction of sp³-hybridized carbons (Fsp3) is 0.759. The second kappa shape index (κ2) is 12.4. The molecule has 34 heavy (non-hydrogen) atoms. The number of carbonyl (C=O) groups excluding carboxylic acids is 1. The molecule has 1 heterocycles. The number of allylic oxidation sites excluding steroid dienone is 4. The molecule has 0 radical (unpaired) electrons. The molecule has 5 heteroatoms. The minimum absolute atomic E-state index is 0.143. The summed E-state index contributed by atoms with van der Waals surface area (Å²) in [4.78, 5) is 20.3. The number of piperazine rings is 1. The van der Waals surface area contributed by atoms with Crippen molar-refractivity contribution >= 4 is 5.91 Å². The maximum Gasteiger partial charge on any atom is 0.225 e. The number of hydrogen-bond donors (Lipinski definition) is 1. The third-order valence-corrected chi connectivity index (χ3v) is 8.70. The molecule has 0 spiro atoms. The minimum Gasteiger partial charge on any atom is -0.513 e. The Labute approximate surface area is 207 Å². The molecule has 3 atom stereocenters. The maximum absolute atomic E-state index is 12.9. The second-order valence-corrected chi connectivity index (χ2v) is 10.9. The van der Waals surface area contributed by atoms with Gasteiger partial charge in [-0.2, -0.15) is 0 Å². The first kappa shape index (κ1) is 25.5. The van der Waals surface area contributed by atoms with Gasteiger partial charge in [0.05, 0.1) is 5.76 Å². The van der Waals surface area contributed by atoms with Gasteiger partial charge in [0.15, 0.2) is 0 Å². The second-order valence-electron chi connectivity index (χ2n) is 10.9. The van der Waals surface area contributed by atoms with E-state index in [1.807, 2.05) is 11.0 Å². The fourth-order valence-corrected chi connectivity index (χ4v) is 6.70. The van der Waals surface area contributed by atoms with Crippen molar-refractivity contribution in [1.29, 1.82) is 0 Å². The molecule has 0 bridgehead atoms. The molecule has 3 aliphatic carbocycles. The Morgan fingerprint density at radius 2 is 1.82 bits per heavy atom. The van der Waals surface area contributed by atoms with Crippen LogP contribution in [0.4, 0.5) is 0 Å². The van der Waals surface area contributed by atoms with Crippen LogP contribution in [0.25, 0.3) is 0 Å². The molecule has 0 saturated carbocycles. The monoisotopic (exact) mass is 469 g/mol. The van der Waals surface area contributed by atoms with E-state index in [0.717, 1.165) is 84.3 Å². The Kier molecular flexibility index (Phi) is 9.30. The zero-order chi connectivity index (χ0) is 23.9. The van der Waals surface area contributed by atoms with E-state index in [9.17, 15) is 9.90 Å². The third kappa shape index (κ3) is 6.34. The molecule has 1 saturated heterocycles. The highest BCUT2D eigenvalue weighted by atomic mass is 16.3. The standard InChI is InChI=1S/C29H47N3O2/c1-3-31(4-2)29(34)25-15-13-24(14-16-25)28(26-11-8-12-27(33)21-26)32-19-17-30(18-20-32)22-23-9-6-5-7-10-23/h9,12-13,25-26,28,33H,3-8,10-11,14-22H2,1-2H3. The van der Waals surface area contributed by atoms with Gasteiger partial charge in [-0.25, -0.2) is 0 Å². The number of aliphatic hydroxyl groups excluding tert-OH is 1. The first-order valence-electron chi connectivity index (χ1n) is 14.1. The van der Waals surface area contributed by atoms with Gasteiger partial charge in [0.2, 0.25) is 5.91 Å². The molecule has 190 valence electrons. The summed E-state index contributed by atoms with van der Waals surface area (Å²) < 4.78 is 0. The highest BCUT2D eigenvalue weighted by Crippen LogP contribution is 2.37. The van der Waals surface area contributed by atoms with E-state index in [4.69, 9.17) is 0 Å². The summed E-state index contributed by atoms with van der Waals surface area (Å²) in [5, 5.41) is 10.3. The van der Waals surface area contributed by atoms with E-state index >= 15 is 0 Å². The number of aliphatic hydroxyl groups is 1. The van der Waals surface area contributed by atoms with E-state index < -0.39 is 0 Å². The molecule has 0 aromatic rings. The third-order valence-electron chi connectivity index (χ3n) is 8.70. The average molecular weight is 470 g/mol. The van der Waals surface area contributed by atoms with E-state index in [1.54, 1.807) is 5.57 Å². The summed E-state index contributed by atoms with van der Waals surface area (Å²) in [6.07, 6.45) is 18.0. The van der Waals surface area contributed by atoms with Gasteiger partial charge in [-0.15, -0.1) is 0 Å². The van der Waals surface area contributed by atoms with Crippen molar-refractivity contribution in [3.8, 4) is 0 Å². The normalized spacial score (nSPS) is 28.0. The molecule has 1 amide bonds. The Bertz CT molecular complexity index is 774. The van der Waals surface area contributed by atoms with E-state index in [2.05, 4.69) is 35.8 Å². The Hall–Kier alpha value is -1.59. The van der Waals surface area contributed by atoms with Gasteiger partial charge in [0, 0.05) is 64.2 Å². The largest absolute Gasteiger partial charge is 0.513 e. The Morgan fingerprint density at radius 1 is 1.03 bits per heavy atom. The first-order valence-corrected chi connectivity index (χ1v) is 14.1. The molecule has 0 aromatic carbocycles. The van der Waals surface area contributed by atoms with Crippen LogP contribution in [-0.2, 0) is 4.79 Å². The zero-order valence-corrected chi connectivity index (χ0v) is 21.7. The summed E-state index contributed by atoms with van der Waals surface area (Å²) in [5.41, 5.74) is 3.18. The number of rotatable bonds is 8. The lowest BCUT2D eigenvalue weighted by Crippen LogP contribution is -2.53. The van der Waals surface area contributed by atoms with Crippen LogP contribution in [0.1, 0.15) is 78.1 Å². The summed E-state index contributed by atoms with van der Waals surface area (Å²) in [7, 11) is 0. The molecule has 3 unspecified atom stereocenters. The molecule has 1 aliphatic heterocycles. The number of hydrogen-bond acceptors (Lipinski definition) is 4. The molecule has 4 rings (SSSR count). The lowest BCUT2D eigenvalue weighted by atomic mass is 9.77. The summed E-state index contributed by atoms with van der Waals surface area (Å²) in [5.74, 6) is 1.54. The van der Waals surface area contributed by atoms with Crippen LogP contribution in [-0.4, -0.2) is 77.6 Å². The predicted molar refractivity (Wildman–Crippen MR) is 140 cm³/mol. The Balaban J connectivity index is 1.42. The van der Waals surface area contributed by atoms with Crippen molar-refractivity contribution in [2.24, 2.45) is 11.8 Å². The van der Waals surface area contributed by atoms with Crippen molar-refractivity contribution in [3.63, 3.8) is 0 Å². The van der Waals surface area contributed by atoms with E-state index in [0.29, 0.717) is 23.6 Å². The highest BCUT2D eigenvalue weighted by molar-refractivity contribution is 5.79. The fourth-order valence-electron chi connectivity index (χ4n) is 6.70. The van der Waals surface area contributed by atoms with Gasteiger partial charge in [-0.05, 0) is 83.6 Å².